The molecule has 0 aliphatic rings. The molecule has 0 bridgehead atoms. The van der Waals surface area contributed by atoms with Gasteiger partial charge in [-0.15, -0.1) is 11.3 Å². The minimum Gasteiger partial charge on any atom is -0.383 e. The second kappa shape index (κ2) is 4.16. The van der Waals surface area contributed by atoms with Crippen molar-refractivity contribution in [1.82, 2.24) is 9.78 Å². The van der Waals surface area contributed by atoms with Crippen molar-refractivity contribution < 1.29 is 5.11 Å². The molecule has 4 heteroatoms. The third-order valence-electron chi connectivity index (χ3n) is 2.49. The van der Waals surface area contributed by atoms with Crippen LogP contribution in [0.2, 0.25) is 0 Å². The lowest BCUT2D eigenvalue weighted by molar-refractivity contribution is 0.220. The Kier molecular flexibility index (Phi) is 2.88. The van der Waals surface area contributed by atoms with Crippen molar-refractivity contribution in [3.8, 4) is 0 Å². The topological polar surface area (TPSA) is 38.0 Å². The fraction of sp³-hybridized carbons (Fsp3) is 0.364. The number of hydrogen-bond donors (Lipinski definition) is 1. The van der Waals surface area contributed by atoms with E-state index in [1.54, 1.807) is 17.5 Å². The minimum atomic E-state index is -0.545. The molecule has 1 unspecified atom stereocenters. The Balaban J connectivity index is 2.28. The van der Waals surface area contributed by atoms with Crippen LogP contribution in [0.25, 0.3) is 0 Å². The molecule has 0 aliphatic carbocycles. The van der Waals surface area contributed by atoms with Crippen LogP contribution in [0.15, 0.2) is 23.8 Å². The average molecular weight is 222 g/mol. The monoisotopic (exact) mass is 222 g/mol. The molecule has 2 rings (SSSR count). The maximum Gasteiger partial charge on any atom is 0.108 e. The number of rotatable bonds is 3. The van der Waals surface area contributed by atoms with Crippen molar-refractivity contribution in [2.45, 2.75) is 26.5 Å². The third kappa shape index (κ3) is 1.96. The van der Waals surface area contributed by atoms with Gasteiger partial charge in [-0.05, 0) is 30.9 Å². The Morgan fingerprint density at radius 3 is 2.93 bits per heavy atom. The predicted molar refractivity (Wildman–Crippen MR) is 61.0 cm³/mol. The molecule has 0 radical (unpaired) electrons. The standard InChI is InChI=1S/C11H14N2OS/c1-3-13-7-9(6-12-13)11(14)10-4-5-15-8(10)2/h4-7,11,14H,3H2,1-2H3. The normalized spacial score (nSPS) is 13.0. The molecule has 0 amide bonds. The van der Waals surface area contributed by atoms with E-state index < -0.39 is 6.10 Å². The second-order valence-corrected chi connectivity index (χ2v) is 4.58. The van der Waals surface area contributed by atoms with Crippen molar-refractivity contribution in [3.63, 3.8) is 0 Å². The summed E-state index contributed by atoms with van der Waals surface area (Å²) in [5, 5.41) is 16.3. The van der Waals surface area contributed by atoms with E-state index in [2.05, 4.69) is 5.10 Å². The summed E-state index contributed by atoms with van der Waals surface area (Å²) in [6, 6.07) is 1.97. The number of aromatic nitrogens is 2. The van der Waals surface area contributed by atoms with Crippen LogP contribution >= 0.6 is 11.3 Å². The summed E-state index contributed by atoms with van der Waals surface area (Å²) in [4.78, 5) is 1.16. The zero-order valence-electron chi connectivity index (χ0n) is 8.84. The lowest BCUT2D eigenvalue weighted by atomic mass is 10.1. The van der Waals surface area contributed by atoms with Crippen LogP contribution in [0.3, 0.4) is 0 Å². The van der Waals surface area contributed by atoms with Crippen LogP contribution in [0.4, 0.5) is 0 Å². The second-order valence-electron chi connectivity index (χ2n) is 3.46. The van der Waals surface area contributed by atoms with Crippen LogP contribution in [0.1, 0.15) is 29.0 Å². The molecule has 1 atom stereocenters. The molecular formula is C11H14N2OS. The van der Waals surface area contributed by atoms with E-state index in [0.29, 0.717) is 0 Å². The maximum absolute atomic E-state index is 10.1. The molecule has 2 aromatic rings. The minimum absolute atomic E-state index is 0.545. The van der Waals surface area contributed by atoms with E-state index in [1.807, 2.05) is 36.2 Å². The Morgan fingerprint density at radius 2 is 2.40 bits per heavy atom. The van der Waals surface area contributed by atoms with Gasteiger partial charge in [0.05, 0.1) is 6.20 Å². The van der Waals surface area contributed by atoms with Gasteiger partial charge < -0.3 is 5.11 Å². The molecule has 0 aliphatic heterocycles. The summed E-state index contributed by atoms with van der Waals surface area (Å²) in [7, 11) is 0. The van der Waals surface area contributed by atoms with Gasteiger partial charge in [-0.2, -0.15) is 5.10 Å². The van der Waals surface area contributed by atoms with Crippen LogP contribution < -0.4 is 0 Å². The van der Waals surface area contributed by atoms with Crippen LogP contribution in [0, 0.1) is 6.92 Å². The van der Waals surface area contributed by atoms with Crippen LogP contribution in [0.5, 0.6) is 0 Å². The quantitative estimate of drug-likeness (QED) is 0.865. The molecule has 15 heavy (non-hydrogen) atoms. The first-order valence-electron chi connectivity index (χ1n) is 4.96. The third-order valence-corrected chi connectivity index (χ3v) is 3.35. The van der Waals surface area contributed by atoms with Gasteiger partial charge in [-0.3, -0.25) is 4.68 Å². The highest BCUT2D eigenvalue weighted by atomic mass is 32.1. The zero-order chi connectivity index (χ0) is 10.8. The van der Waals surface area contributed by atoms with Crippen molar-refractivity contribution >= 4 is 11.3 Å². The SMILES string of the molecule is CCn1cc(C(O)c2ccsc2C)cn1. The number of thiophene rings is 1. The van der Waals surface area contributed by atoms with E-state index in [9.17, 15) is 5.11 Å². The van der Waals surface area contributed by atoms with Crippen LogP contribution in [-0.2, 0) is 6.54 Å². The van der Waals surface area contributed by atoms with E-state index in [1.165, 1.54) is 0 Å². The molecule has 0 fully saturated rings. The smallest absolute Gasteiger partial charge is 0.108 e. The van der Waals surface area contributed by atoms with Gasteiger partial charge in [0.25, 0.3) is 0 Å². The van der Waals surface area contributed by atoms with E-state index in [-0.39, 0.29) is 0 Å². The first-order valence-corrected chi connectivity index (χ1v) is 5.84. The fourth-order valence-corrected chi connectivity index (χ4v) is 2.29. The Morgan fingerprint density at radius 1 is 1.60 bits per heavy atom. The Hall–Kier alpha value is -1.13. The summed E-state index contributed by atoms with van der Waals surface area (Å²) in [5.74, 6) is 0. The zero-order valence-corrected chi connectivity index (χ0v) is 9.66. The summed E-state index contributed by atoms with van der Waals surface area (Å²) >= 11 is 1.65. The molecule has 0 aromatic carbocycles. The Bertz CT molecular complexity index is 447. The van der Waals surface area contributed by atoms with E-state index >= 15 is 0 Å². The van der Waals surface area contributed by atoms with Crippen molar-refractivity contribution in [1.29, 1.82) is 0 Å². The molecule has 0 saturated heterocycles. The fourth-order valence-electron chi connectivity index (χ4n) is 1.55. The number of aliphatic hydroxyl groups excluding tert-OH is 1. The summed E-state index contributed by atoms with van der Waals surface area (Å²) in [5.41, 5.74) is 1.84. The van der Waals surface area contributed by atoms with E-state index in [0.717, 1.165) is 22.5 Å². The highest BCUT2D eigenvalue weighted by molar-refractivity contribution is 7.10. The van der Waals surface area contributed by atoms with Crippen molar-refractivity contribution in [2.24, 2.45) is 0 Å². The van der Waals surface area contributed by atoms with E-state index in [4.69, 9.17) is 0 Å². The molecule has 3 nitrogen and oxygen atoms in total. The van der Waals surface area contributed by atoms with Gasteiger partial charge in [-0.25, -0.2) is 0 Å². The van der Waals surface area contributed by atoms with Gasteiger partial charge in [0, 0.05) is 23.2 Å². The molecule has 0 saturated carbocycles. The first kappa shape index (κ1) is 10.4. The summed E-state index contributed by atoms with van der Waals surface area (Å²) in [6.45, 7) is 4.88. The number of hydrogen-bond acceptors (Lipinski definition) is 3. The predicted octanol–water partition coefficient (Wildman–Crippen LogP) is 2.35. The highest BCUT2D eigenvalue weighted by Crippen LogP contribution is 2.27. The summed E-state index contributed by atoms with van der Waals surface area (Å²) in [6.07, 6.45) is 3.07. The first-order chi connectivity index (χ1) is 7.22. The molecule has 2 aromatic heterocycles. The van der Waals surface area contributed by atoms with Crippen molar-refractivity contribution in [2.75, 3.05) is 0 Å². The number of aryl methyl sites for hydroxylation is 2. The number of nitrogens with zero attached hydrogens (tertiary/aromatic N) is 2. The molecule has 2 heterocycles. The summed E-state index contributed by atoms with van der Waals surface area (Å²) < 4.78 is 1.82. The van der Waals surface area contributed by atoms with Crippen molar-refractivity contribution in [3.05, 3.63) is 39.8 Å². The molecule has 0 spiro atoms. The highest BCUT2D eigenvalue weighted by Gasteiger charge is 2.15. The molecule has 1 N–H and O–H groups in total. The average Bonchev–Trinajstić information content (AvgIpc) is 2.84. The largest absolute Gasteiger partial charge is 0.383 e. The van der Waals surface area contributed by atoms with Gasteiger partial charge >= 0.3 is 0 Å². The maximum atomic E-state index is 10.1. The molecular weight excluding hydrogens is 208 g/mol. The van der Waals surface area contributed by atoms with Gasteiger partial charge in [0.1, 0.15) is 6.10 Å². The van der Waals surface area contributed by atoms with Gasteiger partial charge in [0.15, 0.2) is 0 Å². The molecule has 80 valence electrons. The lowest BCUT2D eigenvalue weighted by Crippen LogP contribution is -1.98. The Labute approximate surface area is 93.0 Å². The van der Waals surface area contributed by atoms with Crippen LogP contribution in [-0.4, -0.2) is 14.9 Å². The number of aliphatic hydroxyl groups is 1. The van der Waals surface area contributed by atoms with Gasteiger partial charge in [0.2, 0.25) is 0 Å². The lowest BCUT2D eigenvalue weighted by Gasteiger charge is -2.07. The van der Waals surface area contributed by atoms with Gasteiger partial charge in [-0.1, -0.05) is 0 Å².